The second-order valence-electron chi connectivity index (χ2n) is 10.1. The normalized spacial score (nSPS) is 20.6. The van der Waals surface area contributed by atoms with Gasteiger partial charge in [-0.15, -0.1) is 0 Å². The molecule has 10 heteroatoms. The third-order valence-corrected chi connectivity index (χ3v) is 7.43. The van der Waals surface area contributed by atoms with Crippen LogP contribution in [-0.4, -0.2) is 50.3 Å². The molecule has 204 valence electrons. The molecule has 0 aromatic carbocycles. The highest BCUT2D eigenvalue weighted by atomic mass is 19.1. The number of allylic oxidation sites excluding steroid dienone is 6. The number of hydrogen-bond acceptors (Lipinski definition) is 5. The lowest BCUT2D eigenvalue weighted by atomic mass is 9.94. The average molecular weight is 532 g/mol. The molecule has 2 aliphatic rings. The van der Waals surface area contributed by atoms with E-state index in [1.54, 1.807) is 22.7 Å². The van der Waals surface area contributed by atoms with Crippen LogP contribution in [0.2, 0.25) is 0 Å². The van der Waals surface area contributed by atoms with Crippen LogP contribution in [0.25, 0.3) is 17.0 Å². The van der Waals surface area contributed by atoms with E-state index < -0.39 is 5.95 Å². The van der Waals surface area contributed by atoms with Crippen molar-refractivity contribution < 1.29 is 13.9 Å². The summed E-state index contributed by atoms with van der Waals surface area (Å²) in [5, 5.41) is 15.4. The first-order valence-electron chi connectivity index (χ1n) is 13.2. The molecule has 0 aliphatic heterocycles. The molecule has 3 heterocycles. The zero-order chi connectivity index (χ0) is 27.4. The molecular weight excluding hydrogens is 497 g/mol. The van der Waals surface area contributed by atoms with Crippen molar-refractivity contribution in [2.45, 2.75) is 44.6 Å². The number of ether oxygens (including phenoxy) is 1. The van der Waals surface area contributed by atoms with E-state index in [-0.39, 0.29) is 18.0 Å². The van der Waals surface area contributed by atoms with Gasteiger partial charge in [0.25, 0.3) is 0 Å². The summed E-state index contributed by atoms with van der Waals surface area (Å²) in [6.07, 6.45) is 18.5. The van der Waals surface area contributed by atoms with E-state index in [1.807, 2.05) is 44.5 Å². The number of nitrogens with one attached hydrogen (secondary N) is 2. The van der Waals surface area contributed by atoms with Crippen molar-refractivity contribution in [1.29, 1.82) is 0 Å². The van der Waals surface area contributed by atoms with Gasteiger partial charge in [0.1, 0.15) is 11.5 Å². The van der Waals surface area contributed by atoms with Crippen molar-refractivity contribution in [2.24, 2.45) is 13.0 Å². The Labute approximate surface area is 227 Å². The topological polar surface area (TPSA) is 98.9 Å². The maximum Gasteiger partial charge on any atom is 0.320 e. The fourth-order valence-corrected chi connectivity index (χ4v) is 5.51. The predicted molar refractivity (Wildman–Crippen MR) is 148 cm³/mol. The Morgan fingerprint density at radius 2 is 2.15 bits per heavy atom. The second kappa shape index (κ2) is 11.8. The number of aryl methyl sites for hydroxylation is 1. The van der Waals surface area contributed by atoms with E-state index >= 15 is 0 Å². The summed E-state index contributed by atoms with van der Waals surface area (Å²) in [6, 6.07) is 2.80. The first-order valence-corrected chi connectivity index (χ1v) is 13.2. The van der Waals surface area contributed by atoms with Gasteiger partial charge in [-0.05, 0) is 68.4 Å². The Hall–Kier alpha value is -4.05. The highest BCUT2D eigenvalue weighted by Crippen LogP contribution is 2.40. The van der Waals surface area contributed by atoms with Crippen molar-refractivity contribution in [2.75, 3.05) is 19.0 Å². The van der Waals surface area contributed by atoms with E-state index in [0.29, 0.717) is 18.3 Å². The summed E-state index contributed by atoms with van der Waals surface area (Å²) in [5.41, 5.74) is 4.11. The average Bonchev–Trinajstić information content (AvgIpc) is 3.53. The zero-order valence-electron chi connectivity index (χ0n) is 22.5. The molecule has 2 N–H and O–H groups in total. The van der Waals surface area contributed by atoms with Crippen LogP contribution in [-0.2, 0) is 11.8 Å². The van der Waals surface area contributed by atoms with Gasteiger partial charge in [0.05, 0.1) is 11.9 Å². The molecule has 0 bridgehead atoms. The van der Waals surface area contributed by atoms with Crippen LogP contribution in [0.4, 0.5) is 15.0 Å². The maximum atomic E-state index is 14.0. The molecule has 2 aliphatic carbocycles. The van der Waals surface area contributed by atoms with Gasteiger partial charge in [-0.3, -0.25) is 10.00 Å². The van der Waals surface area contributed by atoms with Gasteiger partial charge in [-0.25, -0.2) is 14.5 Å². The number of pyridine rings is 1. The third-order valence-electron chi connectivity index (χ3n) is 7.43. The van der Waals surface area contributed by atoms with Crippen LogP contribution in [0.5, 0.6) is 0 Å². The summed E-state index contributed by atoms with van der Waals surface area (Å²) < 4.78 is 22.7. The molecule has 3 atom stereocenters. The minimum Gasteiger partial charge on any atom is -0.385 e. The standard InChI is InChI=1S/C29H34FN7O2/c1-19-27(22-17-32-36(2)18-22)35-37(23-8-6-4-5-7-9-23)28(19)34-29(38)33-25-15-20(11-13-39-3)14-24(25)21-10-12-31-26(30)16-21/h4,6-10,12,16-18,20,24-25H,5,11,13-15H2,1-3H3,(H2,33,34,38)/t20-,24-,25+/m0/s1. The Bertz CT molecular complexity index is 1420. The monoisotopic (exact) mass is 531 g/mol. The Kier molecular flexibility index (Phi) is 8.02. The molecule has 1 fully saturated rings. The Balaban J connectivity index is 1.42. The van der Waals surface area contributed by atoms with E-state index in [1.165, 1.54) is 12.3 Å². The van der Waals surface area contributed by atoms with Crippen LogP contribution in [0.1, 0.15) is 42.7 Å². The lowest BCUT2D eigenvalue weighted by molar-refractivity contribution is 0.177. The number of nitrogens with zero attached hydrogens (tertiary/aromatic N) is 5. The van der Waals surface area contributed by atoms with E-state index in [9.17, 15) is 9.18 Å². The fraction of sp³-hybridized carbons (Fsp3) is 0.379. The molecule has 9 nitrogen and oxygen atoms in total. The molecule has 0 radical (unpaired) electrons. The molecule has 0 unspecified atom stereocenters. The van der Waals surface area contributed by atoms with Crippen LogP contribution >= 0.6 is 0 Å². The van der Waals surface area contributed by atoms with Crippen LogP contribution < -0.4 is 10.6 Å². The van der Waals surface area contributed by atoms with Crippen LogP contribution in [0, 0.1) is 18.8 Å². The Morgan fingerprint density at radius 3 is 2.92 bits per heavy atom. The van der Waals surface area contributed by atoms with E-state index in [0.717, 1.165) is 53.8 Å². The molecule has 3 aromatic heterocycles. The summed E-state index contributed by atoms with van der Waals surface area (Å²) in [4.78, 5) is 17.2. The van der Waals surface area contributed by atoms with Gasteiger partial charge < -0.3 is 10.1 Å². The van der Waals surface area contributed by atoms with Crippen LogP contribution in [0.15, 0.2) is 61.1 Å². The molecule has 39 heavy (non-hydrogen) atoms. The van der Waals surface area contributed by atoms with Gasteiger partial charge in [0.15, 0.2) is 0 Å². The lowest BCUT2D eigenvalue weighted by Gasteiger charge is -2.22. The molecule has 1 saturated carbocycles. The van der Waals surface area contributed by atoms with Crippen molar-refractivity contribution in [3.8, 4) is 11.3 Å². The second-order valence-corrected chi connectivity index (χ2v) is 10.1. The molecule has 5 rings (SSSR count). The highest BCUT2D eigenvalue weighted by Gasteiger charge is 2.36. The van der Waals surface area contributed by atoms with Crippen molar-refractivity contribution >= 4 is 17.5 Å². The number of carbonyl (C=O) groups excluding carboxylic acids is 1. The minimum absolute atomic E-state index is 0.0234. The molecule has 0 spiro atoms. The number of halogens is 1. The van der Waals surface area contributed by atoms with Gasteiger partial charge in [-0.2, -0.15) is 14.6 Å². The number of anilines is 1. The summed E-state index contributed by atoms with van der Waals surface area (Å²) in [6.45, 7) is 2.59. The van der Waals surface area contributed by atoms with Crippen LogP contribution in [0.3, 0.4) is 0 Å². The number of amides is 2. The lowest BCUT2D eigenvalue weighted by Crippen LogP contribution is -2.40. The maximum absolute atomic E-state index is 14.0. The first-order chi connectivity index (χ1) is 18.9. The largest absolute Gasteiger partial charge is 0.385 e. The number of rotatable bonds is 8. The SMILES string of the molecule is COCC[C@@H]1C[C@@H](NC(=O)Nc2c(C)c(-c3cnn(C)c3)nn2C2=CC=CCC=C2)[C@H](c2ccnc(F)c2)C1. The molecule has 3 aromatic rings. The van der Waals surface area contributed by atoms with E-state index in [4.69, 9.17) is 9.84 Å². The van der Waals surface area contributed by atoms with Gasteiger partial charge in [0, 0.05) is 56.2 Å². The zero-order valence-corrected chi connectivity index (χ0v) is 22.5. The summed E-state index contributed by atoms with van der Waals surface area (Å²) >= 11 is 0. The quantitative estimate of drug-likeness (QED) is 0.389. The van der Waals surface area contributed by atoms with Crippen molar-refractivity contribution in [3.05, 3.63) is 78.2 Å². The van der Waals surface area contributed by atoms with Gasteiger partial charge in [-0.1, -0.05) is 18.2 Å². The van der Waals surface area contributed by atoms with Gasteiger partial charge >= 0.3 is 6.03 Å². The highest BCUT2D eigenvalue weighted by molar-refractivity contribution is 5.92. The van der Waals surface area contributed by atoms with E-state index in [2.05, 4.69) is 32.9 Å². The molecule has 2 amide bonds. The number of carbonyl (C=O) groups is 1. The number of methoxy groups -OCH3 is 1. The first kappa shape index (κ1) is 26.6. The smallest absolute Gasteiger partial charge is 0.320 e. The Morgan fingerprint density at radius 1 is 1.28 bits per heavy atom. The van der Waals surface area contributed by atoms with Crippen molar-refractivity contribution in [1.82, 2.24) is 29.9 Å². The minimum atomic E-state index is -0.516. The third kappa shape index (κ3) is 6.01. The molecule has 0 saturated heterocycles. The summed E-state index contributed by atoms with van der Waals surface area (Å²) in [5.74, 6) is 0.397. The van der Waals surface area contributed by atoms with Gasteiger partial charge in [0.2, 0.25) is 5.95 Å². The fourth-order valence-electron chi connectivity index (χ4n) is 5.51. The predicted octanol–water partition coefficient (Wildman–Crippen LogP) is 5.20. The number of urea groups is 1. The summed E-state index contributed by atoms with van der Waals surface area (Å²) in [7, 11) is 3.55. The molecular formula is C29H34FN7O2. The van der Waals surface area contributed by atoms with Crippen molar-refractivity contribution in [3.63, 3.8) is 0 Å². The number of aromatic nitrogens is 5. The number of hydrogen-bond donors (Lipinski definition) is 2.